The van der Waals surface area contributed by atoms with Crippen LogP contribution in [0.2, 0.25) is 0 Å². The molecule has 2 heterocycles. The number of piperidine rings is 1. The maximum Gasteiger partial charge on any atom is 0.137 e. The molecule has 1 aliphatic rings. The number of hydrogen-bond donors (Lipinski definition) is 1. The zero-order valence-corrected chi connectivity index (χ0v) is 12.8. The summed E-state index contributed by atoms with van der Waals surface area (Å²) < 4.78 is 28.8. The van der Waals surface area contributed by atoms with Crippen LogP contribution in [0.3, 0.4) is 0 Å². The number of hydrogen-bond acceptors (Lipinski definition) is 4. The van der Waals surface area contributed by atoms with Crippen molar-refractivity contribution < 1.29 is 13.9 Å². The van der Waals surface area contributed by atoms with Crippen molar-refractivity contribution in [2.45, 2.75) is 25.5 Å². The molecule has 0 amide bonds. The van der Waals surface area contributed by atoms with Crippen molar-refractivity contribution in [3.05, 3.63) is 48.1 Å². The number of benzene rings is 1. The first-order valence-electron chi connectivity index (χ1n) is 7.79. The fourth-order valence-corrected chi connectivity index (χ4v) is 3.17. The van der Waals surface area contributed by atoms with Gasteiger partial charge in [-0.15, -0.1) is 0 Å². The molecule has 0 bridgehead atoms. The van der Waals surface area contributed by atoms with E-state index in [9.17, 15) is 13.9 Å². The maximum atomic E-state index is 13.7. The van der Waals surface area contributed by atoms with Crippen LogP contribution in [0.15, 0.2) is 30.9 Å². The molecule has 2 aromatic rings. The van der Waals surface area contributed by atoms with Crippen molar-refractivity contribution >= 4 is 0 Å². The van der Waals surface area contributed by atoms with Gasteiger partial charge in [0.15, 0.2) is 0 Å². The number of halogens is 2. The lowest BCUT2D eigenvalue weighted by Gasteiger charge is -2.33. The molecule has 0 saturated carbocycles. The fraction of sp³-hybridized carbons (Fsp3) is 0.500. The molecule has 1 fully saturated rings. The Hall–Kier alpha value is -1.86. The van der Waals surface area contributed by atoms with Crippen LogP contribution in [0, 0.1) is 17.6 Å². The molecule has 0 aliphatic carbocycles. The number of aliphatic hydroxyl groups excluding tert-OH is 1. The van der Waals surface area contributed by atoms with Crippen LogP contribution >= 0.6 is 0 Å². The van der Waals surface area contributed by atoms with Crippen LogP contribution in [-0.2, 0) is 6.54 Å². The van der Waals surface area contributed by atoms with Crippen molar-refractivity contribution in [1.82, 2.24) is 19.7 Å². The highest BCUT2D eigenvalue weighted by atomic mass is 19.1. The highest BCUT2D eigenvalue weighted by Crippen LogP contribution is 2.23. The minimum Gasteiger partial charge on any atom is -0.387 e. The highest BCUT2D eigenvalue weighted by Gasteiger charge is 2.24. The van der Waals surface area contributed by atoms with Gasteiger partial charge in [-0.1, -0.05) is 0 Å². The first-order valence-corrected chi connectivity index (χ1v) is 7.79. The molecule has 5 nitrogen and oxygen atoms in total. The third kappa shape index (κ3) is 4.11. The molecule has 1 aromatic heterocycles. The Morgan fingerprint density at radius 2 is 2.22 bits per heavy atom. The second-order valence-corrected chi connectivity index (χ2v) is 6.07. The summed E-state index contributed by atoms with van der Waals surface area (Å²) in [5.74, 6) is -0.701. The summed E-state index contributed by atoms with van der Waals surface area (Å²) in [5.41, 5.74) is 0.0170. The number of nitrogens with zero attached hydrogens (tertiary/aromatic N) is 4. The van der Waals surface area contributed by atoms with E-state index < -0.39 is 17.7 Å². The third-order valence-corrected chi connectivity index (χ3v) is 4.26. The van der Waals surface area contributed by atoms with Crippen LogP contribution < -0.4 is 0 Å². The predicted molar refractivity (Wildman–Crippen MR) is 80.5 cm³/mol. The van der Waals surface area contributed by atoms with E-state index in [2.05, 4.69) is 15.0 Å². The van der Waals surface area contributed by atoms with E-state index >= 15 is 0 Å². The highest BCUT2D eigenvalue weighted by molar-refractivity contribution is 5.21. The second-order valence-electron chi connectivity index (χ2n) is 6.07. The Bertz CT molecular complexity index is 635. The largest absolute Gasteiger partial charge is 0.387 e. The number of aromatic nitrogens is 3. The van der Waals surface area contributed by atoms with E-state index in [1.165, 1.54) is 6.33 Å². The van der Waals surface area contributed by atoms with Gasteiger partial charge in [0.2, 0.25) is 0 Å². The molecule has 1 aliphatic heterocycles. The molecule has 23 heavy (non-hydrogen) atoms. The molecule has 1 aromatic carbocycles. The van der Waals surface area contributed by atoms with Gasteiger partial charge in [0.05, 0.1) is 6.10 Å². The summed E-state index contributed by atoms with van der Waals surface area (Å²) in [6.45, 7) is 2.73. The van der Waals surface area contributed by atoms with Crippen molar-refractivity contribution in [2.24, 2.45) is 5.92 Å². The minimum atomic E-state index is -1.03. The first kappa shape index (κ1) is 16.0. The van der Waals surface area contributed by atoms with Crippen LogP contribution in [0.5, 0.6) is 0 Å². The Labute approximate surface area is 133 Å². The average molecular weight is 322 g/mol. The number of β-amino-alcohol motifs (C(OH)–C–C–N with tert-alkyl or cyclic N) is 1. The molecular weight excluding hydrogens is 302 g/mol. The Morgan fingerprint density at radius 1 is 1.35 bits per heavy atom. The summed E-state index contributed by atoms with van der Waals surface area (Å²) in [7, 11) is 0. The summed E-state index contributed by atoms with van der Waals surface area (Å²) in [5, 5.41) is 14.4. The zero-order chi connectivity index (χ0) is 16.2. The zero-order valence-electron chi connectivity index (χ0n) is 12.8. The smallest absolute Gasteiger partial charge is 0.137 e. The lowest BCUT2D eigenvalue weighted by molar-refractivity contribution is 0.0778. The Morgan fingerprint density at radius 3 is 3.00 bits per heavy atom. The van der Waals surface area contributed by atoms with E-state index in [0.717, 1.165) is 50.7 Å². The monoisotopic (exact) mass is 322 g/mol. The summed E-state index contributed by atoms with van der Waals surface area (Å²) in [4.78, 5) is 6.03. The molecule has 0 unspecified atom stereocenters. The van der Waals surface area contributed by atoms with Gasteiger partial charge >= 0.3 is 0 Å². The molecule has 1 saturated heterocycles. The van der Waals surface area contributed by atoms with E-state index in [4.69, 9.17) is 0 Å². The molecule has 3 rings (SSSR count). The summed E-state index contributed by atoms with van der Waals surface area (Å²) in [6, 6.07) is 3.18. The van der Waals surface area contributed by atoms with Gasteiger partial charge in [-0.2, -0.15) is 5.10 Å². The van der Waals surface area contributed by atoms with Gasteiger partial charge in [0.1, 0.15) is 24.3 Å². The predicted octanol–water partition coefficient (Wildman–Crippen LogP) is 2.00. The first-order chi connectivity index (χ1) is 11.1. The lowest BCUT2D eigenvalue weighted by Crippen LogP contribution is -2.39. The maximum absolute atomic E-state index is 13.7. The average Bonchev–Trinajstić information content (AvgIpc) is 3.03. The molecule has 0 radical (unpaired) electrons. The molecule has 0 spiro atoms. The van der Waals surface area contributed by atoms with Crippen molar-refractivity contribution in [2.75, 3.05) is 19.6 Å². The molecular formula is C16H20F2N4O. The van der Waals surface area contributed by atoms with Crippen LogP contribution in [0.4, 0.5) is 8.78 Å². The molecule has 124 valence electrons. The minimum absolute atomic E-state index is 0.0170. The fourth-order valence-electron chi connectivity index (χ4n) is 3.17. The van der Waals surface area contributed by atoms with Crippen LogP contribution in [0.25, 0.3) is 0 Å². The van der Waals surface area contributed by atoms with Crippen LogP contribution in [-0.4, -0.2) is 44.4 Å². The van der Waals surface area contributed by atoms with Crippen LogP contribution in [0.1, 0.15) is 24.5 Å². The number of aliphatic hydroxyl groups is 1. The normalized spacial score (nSPS) is 20.6. The lowest BCUT2D eigenvalue weighted by atomic mass is 9.97. The van der Waals surface area contributed by atoms with Crippen molar-refractivity contribution in [3.63, 3.8) is 0 Å². The van der Waals surface area contributed by atoms with E-state index in [1.54, 1.807) is 11.0 Å². The summed E-state index contributed by atoms with van der Waals surface area (Å²) in [6.07, 6.45) is 4.27. The van der Waals surface area contributed by atoms with Gasteiger partial charge in [-0.25, -0.2) is 13.8 Å². The van der Waals surface area contributed by atoms with Gasteiger partial charge in [-0.05, 0) is 43.5 Å². The van der Waals surface area contributed by atoms with E-state index in [1.807, 2.05) is 0 Å². The van der Waals surface area contributed by atoms with Crippen molar-refractivity contribution in [1.29, 1.82) is 0 Å². The van der Waals surface area contributed by atoms with Crippen molar-refractivity contribution in [3.8, 4) is 0 Å². The standard InChI is InChI=1S/C16H20F2N4O/c17-13-3-4-15(18)14(6-13)16(23)9-21-5-1-2-12(7-21)8-22-11-19-10-20-22/h3-4,6,10-12,16,23H,1-2,5,7-9H2/t12-,16-/m1/s1. The van der Waals surface area contributed by atoms with Gasteiger partial charge in [0, 0.05) is 25.2 Å². The Balaban J connectivity index is 1.59. The van der Waals surface area contributed by atoms with Gasteiger partial charge < -0.3 is 10.0 Å². The third-order valence-electron chi connectivity index (χ3n) is 4.26. The molecule has 7 heteroatoms. The van der Waals surface area contributed by atoms with E-state index in [-0.39, 0.29) is 5.56 Å². The SMILES string of the molecule is O[C@H](CN1CCC[C@@H](Cn2cncn2)C1)c1cc(F)ccc1F. The summed E-state index contributed by atoms with van der Waals surface area (Å²) >= 11 is 0. The van der Waals surface area contributed by atoms with Gasteiger partial charge in [-0.3, -0.25) is 4.68 Å². The molecule has 2 atom stereocenters. The Kier molecular flexibility index (Phi) is 4.97. The number of likely N-dealkylation sites (tertiary alicyclic amines) is 1. The number of rotatable bonds is 5. The topological polar surface area (TPSA) is 54.2 Å². The molecule has 1 N–H and O–H groups in total. The van der Waals surface area contributed by atoms with E-state index in [0.29, 0.717) is 12.5 Å². The van der Waals surface area contributed by atoms with Gasteiger partial charge in [0.25, 0.3) is 0 Å². The second kappa shape index (κ2) is 7.14. The quantitative estimate of drug-likeness (QED) is 0.915.